The lowest BCUT2D eigenvalue weighted by atomic mass is 10.2. The third-order valence-corrected chi connectivity index (χ3v) is 2.23. The molecule has 0 aliphatic heterocycles. The van der Waals surface area contributed by atoms with Gasteiger partial charge in [0.1, 0.15) is 0 Å². The molecule has 0 radical (unpaired) electrons. The Morgan fingerprint density at radius 1 is 1.24 bits per heavy atom. The standard InChI is InChI=1S/C12H11N3O2/c16-12(17)10-5-11(8-14-7-10)15-6-9-1-3-13-4-2-9/h1-5,7-8,15H,6H2,(H,16,17). The summed E-state index contributed by atoms with van der Waals surface area (Å²) in [6.07, 6.45) is 6.33. The molecular weight excluding hydrogens is 218 g/mol. The number of nitrogens with one attached hydrogen (secondary N) is 1. The first-order chi connectivity index (χ1) is 8.25. The Hall–Kier alpha value is -2.43. The van der Waals surface area contributed by atoms with Crippen molar-refractivity contribution in [3.8, 4) is 0 Å². The van der Waals surface area contributed by atoms with Crippen LogP contribution in [0.25, 0.3) is 0 Å². The maximum atomic E-state index is 10.8. The van der Waals surface area contributed by atoms with Crippen LogP contribution < -0.4 is 5.32 Å². The number of aromatic nitrogens is 2. The second kappa shape index (κ2) is 5.07. The Kier molecular flexibility index (Phi) is 3.30. The molecule has 2 heterocycles. The molecular formula is C12H11N3O2. The third-order valence-electron chi connectivity index (χ3n) is 2.23. The molecule has 2 aromatic heterocycles. The van der Waals surface area contributed by atoms with Crippen LogP contribution in [0, 0.1) is 0 Å². The molecule has 2 aromatic rings. The van der Waals surface area contributed by atoms with Crippen molar-refractivity contribution >= 4 is 11.7 Å². The molecule has 0 saturated carbocycles. The van der Waals surface area contributed by atoms with Gasteiger partial charge in [0.25, 0.3) is 0 Å². The third kappa shape index (κ3) is 3.01. The SMILES string of the molecule is O=C(O)c1cncc(NCc2ccncc2)c1. The fraction of sp³-hybridized carbons (Fsp3) is 0.0833. The van der Waals surface area contributed by atoms with Gasteiger partial charge in [-0.2, -0.15) is 0 Å². The van der Waals surface area contributed by atoms with Crippen molar-refractivity contribution in [3.63, 3.8) is 0 Å². The molecule has 0 spiro atoms. The number of carboxylic acid groups (broad SMARTS) is 1. The fourth-order valence-electron chi connectivity index (χ4n) is 1.36. The quantitative estimate of drug-likeness (QED) is 0.835. The molecule has 0 saturated heterocycles. The Bertz CT molecular complexity index is 514. The van der Waals surface area contributed by atoms with E-state index in [2.05, 4.69) is 15.3 Å². The van der Waals surface area contributed by atoms with Crippen LogP contribution in [0.3, 0.4) is 0 Å². The molecule has 0 aromatic carbocycles. The zero-order chi connectivity index (χ0) is 12.1. The van der Waals surface area contributed by atoms with Crippen LogP contribution in [0.15, 0.2) is 43.0 Å². The van der Waals surface area contributed by atoms with Gasteiger partial charge in [-0.25, -0.2) is 4.79 Å². The van der Waals surface area contributed by atoms with Crippen molar-refractivity contribution in [1.29, 1.82) is 0 Å². The van der Waals surface area contributed by atoms with Crippen LogP contribution in [0.4, 0.5) is 5.69 Å². The highest BCUT2D eigenvalue weighted by Gasteiger charge is 2.03. The van der Waals surface area contributed by atoms with Crippen LogP contribution in [0.1, 0.15) is 15.9 Å². The van der Waals surface area contributed by atoms with Gasteiger partial charge < -0.3 is 10.4 Å². The molecule has 0 fully saturated rings. The van der Waals surface area contributed by atoms with E-state index in [-0.39, 0.29) is 5.56 Å². The second-order valence-corrected chi connectivity index (χ2v) is 3.48. The van der Waals surface area contributed by atoms with Crippen molar-refractivity contribution < 1.29 is 9.90 Å². The highest BCUT2D eigenvalue weighted by atomic mass is 16.4. The smallest absolute Gasteiger partial charge is 0.337 e. The van der Waals surface area contributed by atoms with E-state index in [4.69, 9.17) is 5.11 Å². The molecule has 17 heavy (non-hydrogen) atoms. The van der Waals surface area contributed by atoms with E-state index in [1.807, 2.05) is 12.1 Å². The van der Waals surface area contributed by atoms with Crippen molar-refractivity contribution in [2.24, 2.45) is 0 Å². The van der Waals surface area contributed by atoms with Gasteiger partial charge in [0.15, 0.2) is 0 Å². The number of aromatic carboxylic acids is 1. The summed E-state index contributed by atoms with van der Waals surface area (Å²) in [5.41, 5.74) is 1.92. The van der Waals surface area contributed by atoms with Gasteiger partial charge in [-0.3, -0.25) is 9.97 Å². The maximum Gasteiger partial charge on any atom is 0.337 e. The number of carbonyl (C=O) groups is 1. The number of anilines is 1. The lowest BCUT2D eigenvalue weighted by Gasteiger charge is -2.06. The maximum absolute atomic E-state index is 10.8. The van der Waals surface area contributed by atoms with Gasteiger partial charge in [-0.05, 0) is 23.8 Å². The summed E-state index contributed by atoms with van der Waals surface area (Å²) >= 11 is 0. The normalized spacial score (nSPS) is 9.88. The van der Waals surface area contributed by atoms with Gasteiger partial charge >= 0.3 is 5.97 Å². The Labute approximate surface area is 98.2 Å². The van der Waals surface area contributed by atoms with Crippen molar-refractivity contribution in [2.45, 2.75) is 6.54 Å². The van der Waals surface area contributed by atoms with Gasteiger partial charge in [0, 0.05) is 31.3 Å². The van der Waals surface area contributed by atoms with Gasteiger partial charge in [0.05, 0.1) is 11.3 Å². The number of hydrogen-bond donors (Lipinski definition) is 2. The molecule has 5 heteroatoms. The first-order valence-corrected chi connectivity index (χ1v) is 5.07. The molecule has 0 unspecified atom stereocenters. The Morgan fingerprint density at radius 2 is 2.00 bits per heavy atom. The average Bonchev–Trinajstić information content (AvgIpc) is 2.38. The van der Waals surface area contributed by atoms with Crippen molar-refractivity contribution in [2.75, 3.05) is 5.32 Å². The minimum absolute atomic E-state index is 0.171. The largest absolute Gasteiger partial charge is 0.478 e. The monoisotopic (exact) mass is 229 g/mol. The Morgan fingerprint density at radius 3 is 2.71 bits per heavy atom. The molecule has 5 nitrogen and oxygen atoms in total. The van der Waals surface area contributed by atoms with Crippen LogP contribution in [-0.2, 0) is 6.54 Å². The fourth-order valence-corrected chi connectivity index (χ4v) is 1.36. The van der Waals surface area contributed by atoms with Crippen LogP contribution in [0.2, 0.25) is 0 Å². The summed E-state index contributed by atoms with van der Waals surface area (Å²) < 4.78 is 0. The molecule has 0 bridgehead atoms. The number of pyridine rings is 2. The van der Waals surface area contributed by atoms with Crippen LogP contribution >= 0.6 is 0 Å². The highest BCUT2D eigenvalue weighted by Crippen LogP contribution is 2.10. The van der Waals surface area contributed by atoms with E-state index in [0.29, 0.717) is 12.2 Å². The number of carboxylic acids is 1. The summed E-state index contributed by atoms with van der Waals surface area (Å²) in [5, 5.41) is 11.9. The van der Waals surface area contributed by atoms with Gasteiger partial charge in [-0.1, -0.05) is 0 Å². The lowest BCUT2D eigenvalue weighted by Crippen LogP contribution is -2.03. The molecule has 2 N–H and O–H groups in total. The zero-order valence-corrected chi connectivity index (χ0v) is 9.00. The van der Waals surface area contributed by atoms with Crippen LogP contribution in [-0.4, -0.2) is 21.0 Å². The van der Waals surface area contributed by atoms with Crippen molar-refractivity contribution in [1.82, 2.24) is 9.97 Å². The van der Waals surface area contributed by atoms with E-state index >= 15 is 0 Å². The zero-order valence-electron chi connectivity index (χ0n) is 9.00. The van der Waals surface area contributed by atoms with Crippen molar-refractivity contribution in [3.05, 3.63) is 54.1 Å². The summed E-state index contributed by atoms with van der Waals surface area (Å²) in [5.74, 6) is -0.981. The minimum Gasteiger partial charge on any atom is -0.478 e. The molecule has 2 rings (SSSR count). The van der Waals surface area contributed by atoms with E-state index in [0.717, 1.165) is 5.56 Å². The van der Waals surface area contributed by atoms with E-state index in [1.165, 1.54) is 6.20 Å². The first kappa shape index (κ1) is 11.1. The van der Waals surface area contributed by atoms with E-state index in [1.54, 1.807) is 24.7 Å². The Balaban J connectivity index is 2.04. The van der Waals surface area contributed by atoms with Gasteiger partial charge in [0.2, 0.25) is 0 Å². The van der Waals surface area contributed by atoms with Crippen LogP contribution in [0.5, 0.6) is 0 Å². The highest BCUT2D eigenvalue weighted by molar-refractivity contribution is 5.88. The van der Waals surface area contributed by atoms with E-state index in [9.17, 15) is 4.79 Å². The number of nitrogens with zero attached hydrogens (tertiary/aromatic N) is 2. The predicted molar refractivity (Wildman–Crippen MR) is 62.8 cm³/mol. The first-order valence-electron chi connectivity index (χ1n) is 5.07. The lowest BCUT2D eigenvalue weighted by molar-refractivity contribution is 0.0696. The summed E-state index contributed by atoms with van der Waals surface area (Å²) in [4.78, 5) is 18.5. The molecule has 86 valence electrons. The summed E-state index contributed by atoms with van der Waals surface area (Å²) in [6, 6.07) is 5.33. The molecule has 0 amide bonds. The second-order valence-electron chi connectivity index (χ2n) is 3.48. The number of hydrogen-bond acceptors (Lipinski definition) is 4. The molecule has 0 atom stereocenters. The summed E-state index contributed by atoms with van der Waals surface area (Å²) in [6.45, 7) is 0.604. The van der Waals surface area contributed by atoms with E-state index < -0.39 is 5.97 Å². The number of rotatable bonds is 4. The average molecular weight is 229 g/mol. The predicted octanol–water partition coefficient (Wildman–Crippen LogP) is 1.79. The molecule has 0 aliphatic carbocycles. The summed E-state index contributed by atoms with van der Waals surface area (Å²) in [7, 11) is 0. The topological polar surface area (TPSA) is 75.1 Å². The minimum atomic E-state index is -0.981. The van der Waals surface area contributed by atoms with Gasteiger partial charge in [-0.15, -0.1) is 0 Å². The molecule has 0 aliphatic rings.